The van der Waals surface area contributed by atoms with Crippen molar-refractivity contribution in [3.05, 3.63) is 11.9 Å². The number of nitrogens with one attached hydrogen (secondary N) is 2. The van der Waals surface area contributed by atoms with Gasteiger partial charge in [0, 0.05) is 39.0 Å². The lowest BCUT2D eigenvalue weighted by Gasteiger charge is -2.14. The quantitative estimate of drug-likeness (QED) is 0.815. The van der Waals surface area contributed by atoms with Crippen LogP contribution < -0.4 is 10.6 Å². The summed E-state index contributed by atoms with van der Waals surface area (Å²) in [6.45, 7) is 4.44. The van der Waals surface area contributed by atoms with E-state index in [2.05, 4.69) is 15.6 Å². The number of anilines is 1. The van der Waals surface area contributed by atoms with E-state index in [-0.39, 0.29) is 11.9 Å². The van der Waals surface area contributed by atoms with E-state index >= 15 is 0 Å². The van der Waals surface area contributed by atoms with Gasteiger partial charge in [0.2, 0.25) is 5.95 Å². The van der Waals surface area contributed by atoms with E-state index in [4.69, 9.17) is 4.74 Å². The Bertz CT molecular complexity index is 393. The topological polar surface area (TPSA) is 68.2 Å². The van der Waals surface area contributed by atoms with E-state index in [9.17, 15) is 4.79 Å². The van der Waals surface area contributed by atoms with Crippen LogP contribution in [0.15, 0.2) is 6.20 Å². The van der Waals surface area contributed by atoms with Crippen molar-refractivity contribution in [2.45, 2.75) is 32.4 Å². The Balaban J connectivity index is 1.94. The zero-order valence-electron chi connectivity index (χ0n) is 10.9. The average molecular weight is 252 g/mol. The van der Waals surface area contributed by atoms with E-state index in [1.807, 2.05) is 11.5 Å². The fourth-order valence-corrected chi connectivity index (χ4v) is 1.95. The molecule has 1 aromatic heterocycles. The number of nitrogens with zero attached hydrogens (tertiary/aromatic N) is 2. The Morgan fingerprint density at radius 2 is 2.56 bits per heavy atom. The molecule has 1 unspecified atom stereocenters. The summed E-state index contributed by atoms with van der Waals surface area (Å²) in [5.41, 5.74) is 0.476. The number of fused-ring (bicyclic) bond motifs is 1. The van der Waals surface area contributed by atoms with Gasteiger partial charge in [-0.25, -0.2) is 4.98 Å². The molecule has 1 aliphatic rings. The fraction of sp³-hybridized carbons (Fsp3) is 0.667. The summed E-state index contributed by atoms with van der Waals surface area (Å²) in [5.74, 6) is 0.665. The van der Waals surface area contributed by atoms with Crippen molar-refractivity contribution < 1.29 is 9.53 Å². The molecule has 0 aromatic carbocycles. The molecule has 2 rings (SSSR count). The maximum Gasteiger partial charge on any atom is 0.271 e. The van der Waals surface area contributed by atoms with Crippen molar-refractivity contribution in [3.8, 4) is 0 Å². The molecule has 100 valence electrons. The van der Waals surface area contributed by atoms with Gasteiger partial charge in [-0.1, -0.05) is 0 Å². The highest BCUT2D eigenvalue weighted by atomic mass is 16.5. The van der Waals surface area contributed by atoms with Crippen molar-refractivity contribution in [1.82, 2.24) is 14.9 Å². The third kappa shape index (κ3) is 3.01. The summed E-state index contributed by atoms with van der Waals surface area (Å²) in [4.78, 5) is 16.3. The third-order valence-electron chi connectivity index (χ3n) is 3.00. The van der Waals surface area contributed by atoms with Crippen molar-refractivity contribution in [1.29, 1.82) is 0 Å². The van der Waals surface area contributed by atoms with Crippen molar-refractivity contribution >= 4 is 11.9 Å². The van der Waals surface area contributed by atoms with Crippen LogP contribution in [0.1, 0.15) is 30.3 Å². The van der Waals surface area contributed by atoms with Crippen LogP contribution in [-0.2, 0) is 11.3 Å². The van der Waals surface area contributed by atoms with Gasteiger partial charge in [-0.3, -0.25) is 4.79 Å². The first kappa shape index (κ1) is 12.9. The zero-order valence-corrected chi connectivity index (χ0v) is 10.9. The molecule has 0 saturated heterocycles. The maximum absolute atomic E-state index is 12.0. The first-order valence-corrected chi connectivity index (χ1v) is 6.31. The second-order valence-electron chi connectivity index (χ2n) is 4.58. The number of aromatic nitrogens is 2. The van der Waals surface area contributed by atoms with E-state index in [0.29, 0.717) is 12.3 Å². The molecule has 6 heteroatoms. The third-order valence-corrected chi connectivity index (χ3v) is 3.00. The molecule has 1 atom stereocenters. The molecule has 0 spiro atoms. The molecular weight excluding hydrogens is 232 g/mol. The SMILES string of the molecule is COCCC(C)NC(=O)c1cn2c(n1)NCCC2. The van der Waals surface area contributed by atoms with Gasteiger partial charge in [0.1, 0.15) is 5.69 Å². The van der Waals surface area contributed by atoms with Crippen LogP contribution in [-0.4, -0.2) is 41.8 Å². The summed E-state index contributed by atoms with van der Waals surface area (Å²) in [7, 11) is 1.66. The number of methoxy groups -OCH3 is 1. The predicted molar refractivity (Wildman–Crippen MR) is 68.8 cm³/mol. The molecular formula is C12H20N4O2. The van der Waals surface area contributed by atoms with Gasteiger partial charge in [-0.15, -0.1) is 0 Å². The number of ether oxygens (including phenoxy) is 1. The van der Waals surface area contributed by atoms with Crippen molar-refractivity contribution in [2.75, 3.05) is 25.6 Å². The number of amides is 1. The minimum atomic E-state index is -0.123. The molecule has 0 bridgehead atoms. The maximum atomic E-state index is 12.0. The molecule has 2 N–H and O–H groups in total. The Morgan fingerprint density at radius 1 is 1.72 bits per heavy atom. The van der Waals surface area contributed by atoms with E-state index in [1.165, 1.54) is 0 Å². The van der Waals surface area contributed by atoms with Gasteiger partial charge in [0.15, 0.2) is 0 Å². The summed E-state index contributed by atoms with van der Waals surface area (Å²) < 4.78 is 6.97. The van der Waals surface area contributed by atoms with Crippen LogP contribution >= 0.6 is 0 Å². The van der Waals surface area contributed by atoms with Crippen LogP contribution in [0, 0.1) is 0 Å². The van der Waals surface area contributed by atoms with Crippen LogP contribution in [0.25, 0.3) is 0 Å². The Morgan fingerprint density at radius 3 is 3.28 bits per heavy atom. The molecule has 1 aromatic rings. The highest BCUT2D eigenvalue weighted by Crippen LogP contribution is 2.14. The van der Waals surface area contributed by atoms with E-state index in [1.54, 1.807) is 13.3 Å². The number of imidazole rings is 1. The average Bonchev–Trinajstić information content (AvgIpc) is 2.80. The Labute approximate surface area is 107 Å². The minimum Gasteiger partial charge on any atom is -0.385 e. The van der Waals surface area contributed by atoms with Gasteiger partial charge in [-0.2, -0.15) is 0 Å². The zero-order chi connectivity index (χ0) is 13.0. The molecule has 2 heterocycles. The first-order chi connectivity index (χ1) is 8.70. The standard InChI is InChI=1S/C12H20N4O2/c1-9(4-7-18-2)14-11(17)10-8-16-6-3-5-13-12(16)15-10/h8-9H,3-7H2,1-2H3,(H,13,15)(H,14,17). The van der Waals surface area contributed by atoms with Crippen LogP contribution in [0.3, 0.4) is 0 Å². The smallest absolute Gasteiger partial charge is 0.271 e. The second kappa shape index (κ2) is 5.86. The number of aryl methyl sites for hydroxylation is 1. The van der Waals surface area contributed by atoms with Crippen LogP contribution in [0.2, 0.25) is 0 Å². The normalized spacial score (nSPS) is 15.7. The molecule has 0 saturated carbocycles. The molecule has 6 nitrogen and oxygen atoms in total. The van der Waals surface area contributed by atoms with E-state index < -0.39 is 0 Å². The van der Waals surface area contributed by atoms with Gasteiger partial charge < -0.3 is 19.9 Å². The first-order valence-electron chi connectivity index (χ1n) is 6.31. The minimum absolute atomic E-state index is 0.0872. The largest absolute Gasteiger partial charge is 0.385 e. The van der Waals surface area contributed by atoms with Crippen LogP contribution in [0.5, 0.6) is 0 Å². The molecule has 0 radical (unpaired) electrons. The Hall–Kier alpha value is -1.56. The lowest BCUT2D eigenvalue weighted by atomic mass is 10.2. The summed E-state index contributed by atoms with van der Waals surface area (Å²) in [6, 6.07) is 0.0872. The Kier molecular flexibility index (Phi) is 4.19. The number of hydrogen-bond acceptors (Lipinski definition) is 4. The molecule has 18 heavy (non-hydrogen) atoms. The van der Waals surface area contributed by atoms with Gasteiger partial charge >= 0.3 is 0 Å². The van der Waals surface area contributed by atoms with Crippen molar-refractivity contribution in [3.63, 3.8) is 0 Å². The van der Waals surface area contributed by atoms with E-state index in [0.717, 1.165) is 31.9 Å². The molecule has 0 fully saturated rings. The monoisotopic (exact) mass is 252 g/mol. The lowest BCUT2D eigenvalue weighted by Crippen LogP contribution is -2.33. The molecule has 1 amide bonds. The summed E-state index contributed by atoms with van der Waals surface area (Å²) in [6.07, 6.45) is 3.67. The number of rotatable bonds is 5. The highest BCUT2D eigenvalue weighted by Gasteiger charge is 2.17. The predicted octanol–water partition coefficient (Wildman–Crippen LogP) is 0.853. The summed E-state index contributed by atoms with van der Waals surface area (Å²) in [5, 5.41) is 6.09. The summed E-state index contributed by atoms with van der Waals surface area (Å²) >= 11 is 0. The van der Waals surface area contributed by atoms with Crippen molar-refractivity contribution in [2.24, 2.45) is 0 Å². The lowest BCUT2D eigenvalue weighted by molar-refractivity contribution is 0.0925. The van der Waals surface area contributed by atoms with Gasteiger partial charge in [0.25, 0.3) is 5.91 Å². The van der Waals surface area contributed by atoms with Crippen LogP contribution in [0.4, 0.5) is 5.95 Å². The van der Waals surface area contributed by atoms with Gasteiger partial charge in [0.05, 0.1) is 0 Å². The highest BCUT2D eigenvalue weighted by molar-refractivity contribution is 5.92. The number of carbonyl (C=O) groups excluding carboxylic acids is 1. The molecule has 0 aliphatic carbocycles. The second-order valence-corrected chi connectivity index (χ2v) is 4.58. The fourth-order valence-electron chi connectivity index (χ4n) is 1.95. The number of carbonyl (C=O) groups is 1. The molecule has 1 aliphatic heterocycles. The van der Waals surface area contributed by atoms with Gasteiger partial charge in [-0.05, 0) is 19.8 Å². The number of hydrogen-bond donors (Lipinski definition) is 2.